The van der Waals surface area contributed by atoms with Gasteiger partial charge in [-0.05, 0) is 56.4 Å². The van der Waals surface area contributed by atoms with Crippen LogP contribution in [0, 0.1) is 3.57 Å². The summed E-state index contributed by atoms with van der Waals surface area (Å²) >= 11 is 7.76. The smallest absolute Gasteiger partial charge is 0.0348 e. The molecule has 0 fully saturated rings. The molecule has 1 rings (SSSR count). The highest BCUT2D eigenvalue weighted by Gasteiger charge is 2.02. The van der Waals surface area contributed by atoms with Crippen LogP contribution in [0.1, 0.15) is 6.92 Å². The van der Waals surface area contributed by atoms with E-state index < -0.39 is 0 Å². The molecule has 0 atom stereocenters. The van der Waals surface area contributed by atoms with Gasteiger partial charge in [-0.1, -0.05) is 13.0 Å². The standard InChI is InChI=1S/C8H8BrIS/c1-2-11-8-6(9)4-3-5-7(8)10/h3-5H,2H2,1H3. The van der Waals surface area contributed by atoms with E-state index in [0.29, 0.717) is 0 Å². The molecule has 11 heavy (non-hydrogen) atoms. The highest BCUT2D eigenvalue weighted by Crippen LogP contribution is 2.31. The third kappa shape index (κ3) is 2.63. The molecule has 0 amide bonds. The van der Waals surface area contributed by atoms with E-state index in [2.05, 4.69) is 63.6 Å². The lowest BCUT2D eigenvalue weighted by molar-refractivity contribution is 1.34. The van der Waals surface area contributed by atoms with Gasteiger partial charge in [0.05, 0.1) is 0 Å². The summed E-state index contributed by atoms with van der Waals surface area (Å²) in [6.45, 7) is 2.17. The highest BCUT2D eigenvalue weighted by atomic mass is 127. The van der Waals surface area contributed by atoms with E-state index in [-0.39, 0.29) is 0 Å². The molecular formula is C8H8BrIS. The van der Waals surface area contributed by atoms with Gasteiger partial charge >= 0.3 is 0 Å². The van der Waals surface area contributed by atoms with E-state index in [1.165, 1.54) is 12.9 Å². The van der Waals surface area contributed by atoms with Crippen molar-refractivity contribution in [2.75, 3.05) is 5.75 Å². The number of benzene rings is 1. The Hall–Kier alpha value is 0.780. The fourth-order valence-corrected chi connectivity index (χ4v) is 3.51. The fraction of sp³-hybridized carbons (Fsp3) is 0.250. The zero-order chi connectivity index (χ0) is 8.27. The van der Waals surface area contributed by atoms with E-state index in [4.69, 9.17) is 0 Å². The predicted molar refractivity (Wildman–Crippen MR) is 63.3 cm³/mol. The summed E-state index contributed by atoms with van der Waals surface area (Å²) in [6, 6.07) is 6.27. The lowest BCUT2D eigenvalue weighted by Crippen LogP contribution is -1.80. The maximum atomic E-state index is 3.52. The molecule has 0 unspecified atom stereocenters. The van der Waals surface area contributed by atoms with Crippen LogP contribution in [-0.4, -0.2) is 5.75 Å². The van der Waals surface area contributed by atoms with Gasteiger partial charge in [-0.25, -0.2) is 0 Å². The molecule has 60 valence electrons. The maximum Gasteiger partial charge on any atom is 0.0348 e. The molecule has 0 aliphatic rings. The van der Waals surface area contributed by atoms with Crippen molar-refractivity contribution in [3.05, 3.63) is 26.2 Å². The Balaban J connectivity index is 3.00. The summed E-state index contributed by atoms with van der Waals surface area (Å²) in [5.41, 5.74) is 0. The lowest BCUT2D eigenvalue weighted by atomic mass is 10.4. The molecule has 3 heteroatoms. The molecule has 1 aromatic rings. The summed E-state index contributed by atoms with van der Waals surface area (Å²) in [4.78, 5) is 1.36. The van der Waals surface area contributed by atoms with Gasteiger partial charge in [0, 0.05) is 12.9 Å². The Morgan fingerprint density at radius 3 is 2.82 bits per heavy atom. The van der Waals surface area contributed by atoms with Crippen LogP contribution < -0.4 is 0 Å². The largest absolute Gasteiger partial charge is 0.124 e. The van der Waals surface area contributed by atoms with Crippen molar-refractivity contribution in [3.63, 3.8) is 0 Å². The first-order chi connectivity index (χ1) is 5.25. The molecular weight excluding hydrogens is 335 g/mol. The molecule has 0 N–H and O–H groups in total. The molecule has 0 aliphatic carbocycles. The summed E-state index contributed by atoms with van der Waals surface area (Å²) in [5.74, 6) is 1.12. The maximum absolute atomic E-state index is 3.52. The Morgan fingerprint density at radius 2 is 2.27 bits per heavy atom. The Kier molecular flexibility index (Phi) is 4.23. The first kappa shape index (κ1) is 9.86. The summed E-state index contributed by atoms with van der Waals surface area (Å²) in [7, 11) is 0. The van der Waals surface area contributed by atoms with Crippen molar-refractivity contribution in [2.45, 2.75) is 11.8 Å². The van der Waals surface area contributed by atoms with Gasteiger partial charge in [-0.3, -0.25) is 0 Å². The zero-order valence-electron chi connectivity index (χ0n) is 6.10. The fourth-order valence-electron chi connectivity index (χ4n) is 0.765. The topological polar surface area (TPSA) is 0 Å². The lowest BCUT2D eigenvalue weighted by Gasteiger charge is -2.03. The molecule has 1 aromatic carbocycles. The van der Waals surface area contributed by atoms with E-state index >= 15 is 0 Å². The van der Waals surface area contributed by atoms with E-state index in [0.717, 1.165) is 5.75 Å². The summed E-state index contributed by atoms with van der Waals surface area (Å²) in [6.07, 6.45) is 0. The minimum atomic E-state index is 1.12. The number of hydrogen-bond donors (Lipinski definition) is 0. The van der Waals surface area contributed by atoms with Crippen LogP contribution >= 0.6 is 50.3 Å². The van der Waals surface area contributed by atoms with Crippen molar-refractivity contribution in [1.82, 2.24) is 0 Å². The third-order valence-corrected chi connectivity index (χ3v) is 4.41. The van der Waals surface area contributed by atoms with Crippen LogP contribution in [0.4, 0.5) is 0 Å². The van der Waals surface area contributed by atoms with Crippen LogP contribution in [-0.2, 0) is 0 Å². The van der Waals surface area contributed by atoms with E-state index in [9.17, 15) is 0 Å². The third-order valence-electron chi connectivity index (χ3n) is 1.21. The van der Waals surface area contributed by atoms with Crippen LogP contribution in [0.2, 0.25) is 0 Å². The Bertz CT molecular complexity index is 230. The second kappa shape index (κ2) is 4.72. The Morgan fingerprint density at radius 1 is 1.55 bits per heavy atom. The van der Waals surface area contributed by atoms with Gasteiger partial charge in [0.1, 0.15) is 0 Å². The number of hydrogen-bond acceptors (Lipinski definition) is 1. The van der Waals surface area contributed by atoms with Crippen LogP contribution in [0.15, 0.2) is 27.6 Å². The predicted octanol–water partition coefficient (Wildman–Crippen LogP) is 4.17. The van der Waals surface area contributed by atoms with Crippen LogP contribution in [0.3, 0.4) is 0 Å². The van der Waals surface area contributed by atoms with Gasteiger partial charge < -0.3 is 0 Å². The monoisotopic (exact) mass is 342 g/mol. The van der Waals surface area contributed by atoms with Crippen molar-refractivity contribution in [1.29, 1.82) is 0 Å². The van der Waals surface area contributed by atoms with Gasteiger partial charge in [-0.15, -0.1) is 11.8 Å². The first-order valence-corrected chi connectivity index (χ1v) is 6.18. The summed E-state index contributed by atoms with van der Waals surface area (Å²) < 4.78 is 2.53. The Labute approximate surface area is 93.4 Å². The molecule has 0 heterocycles. The second-order valence-electron chi connectivity index (χ2n) is 1.98. The molecule has 0 spiro atoms. The minimum absolute atomic E-state index is 1.12. The average molecular weight is 343 g/mol. The van der Waals surface area contributed by atoms with E-state index in [1.807, 2.05) is 11.8 Å². The minimum Gasteiger partial charge on any atom is -0.124 e. The van der Waals surface area contributed by atoms with E-state index in [1.54, 1.807) is 0 Å². The number of rotatable bonds is 2. The summed E-state index contributed by atoms with van der Waals surface area (Å²) in [5, 5.41) is 0. The van der Waals surface area contributed by atoms with Crippen molar-refractivity contribution in [3.8, 4) is 0 Å². The van der Waals surface area contributed by atoms with Gasteiger partial charge in [-0.2, -0.15) is 0 Å². The van der Waals surface area contributed by atoms with Crippen LogP contribution in [0.25, 0.3) is 0 Å². The van der Waals surface area contributed by atoms with Crippen molar-refractivity contribution in [2.24, 2.45) is 0 Å². The normalized spacial score (nSPS) is 10.1. The second-order valence-corrected chi connectivity index (χ2v) is 5.27. The first-order valence-electron chi connectivity index (χ1n) is 3.32. The molecule has 0 saturated heterocycles. The average Bonchev–Trinajstić information content (AvgIpc) is 1.97. The molecule has 0 saturated carbocycles. The van der Waals surface area contributed by atoms with Gasteiger partial charge in [0.15, 0.2) is 0 Å². The molecule has 0 nitrogen and oxygen atoms in total. The van der Waals surface area contributed by atoms with Crippen molar-refractivity contribution >= 4 is 50.3 Å². The van der Waals surface area contributed by atoms with Crippen LogP contribution in [0.5, 0.6) is 0 Å². The molecule has 0 aromatic heterocycles. The van der Waals surface area contributed by atoms with Crippen molar-refractivity contribution < 1.29 is 0 Å². The van der Waals surface area contributed by atoms with Gasteiger partial charge in [0.25, 0.3) is 0 Å². The molecule has 0 radical (unpaired) electrons. The molecule has 0 aliphatic heterocycles. The quantitative estimate of drug-likeness (QED) is 0.574. The number of thioether (sulfide) groups is 1. The van der Waals surface area contributed by atoms with Gasteiger partial charge in [0.2, 0.25) is 0 Å². The number of halogens is 2. The highest BCUT2D eigenvalue weighted by molar-refractivity contribution is 14.1. The zero-order valence-corrected chi connectivity index (χ0v) is 10.7. The SMILES string of the molecule is CCSc1c(Br)cccc1I. The molecule has 0 bridgehead atoms.